The Labute approximate surface area is 126 Å². The summed E-state index contributed by atoms with van der Waals surface area (Å²) >= 11 is 0. The van der Waals surface area contributed by atoms with Crippen LogP contribution < -0.4 is 0 Å². The molecule has 2 aliphatic carbocycles. The summed E-state index contributed by atoms with van der Waals surface area (Å²) in [7, 11) is -1.17. The molecule has 20 heavy (non-hydrogen) atoms. The molecule has 2 saturated carbocycles. The van der Waals surface area contributed by atoms with E-state index in [0.717, 1.165) is 25.0 Å². The molecule has 0 saturated heterocycles. The van der Waals surface area contributed by atoms with Crippen LogP contribution in [-0.2, 0) is 8.85 Å². The third-order valence-corrected chi connectivity index (χ3v) is 6.21. The van der Waals surface area contributed by atoms with E-state index in [2.05, 4.69) is 24.7 Å². The summed E-state index contributed by atoms with van der Waals surface area (Å²) in [6.07, 6.45) is 16.9. The van der Waals surface area contributed by atoms with E-state index in [4.69, 9.17) is 8.85 Å². The lowest BCUT2D eigenvalue weighted by Crippen LogP contribution is -2.21. The molecule has 2 rings (SSSR count). The van der Waals surface area contributed by atoms with E-state index >= 15 is 0 Å². The zero-order valence-electron chi connectivity index (χ0n) is 13.0. The summed E-state index contributed by atoms with van der Waals surface area (Å²) in [4.78, 5) is 0. The average Bonchev–Trinajstić information content (AvgIpc) is 2.65. The van der Waals surface area contributed by atoms with E-state index in [-0.39, 0.29) is 0 Å². The fourth-order valence-corrected chi connectivity index (χ4v) is 4.50. The fraction of sp³-hybridized carbons (Fsp3) is 0.824. The molecule has 0 amide bonds. The summed E-state index contributed by atoms with van der Waals surface area (Å²) in [5, 5.41) is 0. The maximum absolute atomic E-state index is 5.98. The lowest BCUT2D eigenvalue weighted by Gasteiger charge is -2.21. The van der Waals surface area contributed by atoms with Gasteiger partial charge in [-0.3, -0.25) is 0 Å². The second kappa shape index (κ2) is 9.38. The van der Waals surface area contributed by atoms with Crippen molar-refractivity contribution in [3.05, 3.63) is 12.2 Å². The van der Waals surface area contributed by atoms with Crippen molar-refractivity contribution in [3.63, 3.8) is 0 Å². The highest BCUT2D eigenvalue weighted by Crippen LogP contribution is 2.27. The molecule has 0 aromatic heterocycles. The Hall–Kier alpha value is -0.573. The van der Waals surface area contributed by atoms with Crippen LogP contribution in [0, 0.1) is 11.8 Å². The van der Waals surface area contributed by atoms with Crippen LogP contribution in [0.3, 0.4) is 0 Å². The molecular formula is C17H30O2Si. The van der Waals surface area contributed by atoms with Crippen molar-refractivity contribution < 1.29 is 8.85 Å². The second-order valence-electron chi connectivity index (χ2n) is 6.10. The predicted molar refractivity (Wildman–Crippen MR) is 87.1 cm³/mol. The summed E-state index contributed by atoms with van der Waals surface area (Å²) in [5.74, 6) is 1.56. The number of hydrogen-bond donors (Lipinski definition) is 0. The molecule has 0 aromatic rings. The van der Waals surface area contributed by atoms with Crippen molar-refractivity contribution in [2.24, 2.45) is 11.8 Å². The van der Waals surface area contributed by atoms with Gasteiger partial charge >= 0.3 is 8.90 Å². The standard InChI is InChI=1S/C17H30O2Si/c1-2-18-20(15-17-9-5-3-4-6-10-17)19-14-8-13-16-11-7-12-16/h8,13,15-17H,2-7,9-12,14H2,1H3. The van der Waals surface area contributed by atoms with Gasteiger partial charge in [0.1, 0.15) is 0 Å². The van der Waals surface area contributed by atoms with Crippen molar-refractivity contribution in [3.8, 4) is 0 Å². The SMILES string of the molecule is CCO[Si](=CC1CCCCCC1)OCC=CC1CCC1. The molecule has 2 fully saturated rings. The molecule has 0 N–H and O–H groups in total. The maximum Gasteiger partial charge on any atom is 0.476 e. The first-order chi connectivity index (χ1) is 9.88. The van der Waals surface area contributed by atoms with Gasteiger partial charge in [0.2, 0.25) is 0 Å². The fourth-order valence-electron chi connectivity index (χ4n) is 2.96. The minimum Gasteiger partial charge on any atom is -0.524 e. The molecule has 0 aliphatic heterocycles. The normalized spacial score (nSPS) is 22.6. The van der Waals surface area contributed by atoms with Crippen LogP contribution in [0.15, 0.2) is 12.2 Å². The molecule has 0 radical (unpaired) electrons. The molecule has 0 spiro atoms. The third-order valence-electron chi connectivity index (χ3n) is 4.44. The van der Waals surface area contributed by atoms with Gasteiger partial charge in [0.25, 0.3) is 0 Å². The summed E-state index contributed by atoms with van der Waals surface area (Å²) < 4.78 is 11.8. The maximum atomic E-state index is 5.98. The highest BCUT2D eigenvalue weighted by atomic mass is 28.3. The molecule has 0 heterocycles. The quantitative estimate of drug-likeness (QED) is 0.397. The predicted octanol–water partition coefficient (Wildman–Crippen LogP) is 4.24. The molecule has 0 unspecified atom stereocenters. The Morgan fingerprint density at radius 3 is 2.20 bits per heavy atom. The molecule has 2 nitrogen and oxygen atoms in total. The zero-order chi connectivity index (χ0) is 14.0. The Bertz CT molecular complexity index is 313. The van der Waals surface area contributed by atoms with Crippen molar-refractivity contribution in [1.82, 2.24) is 0 Å². The molecule has 3 heteroatoms. The van der Waals surface area contributed by atoms with Crippen LogP contribution >= 0.6 is 0 Å². The van der Waals surface area contributed by atoms with Crippen LogP contribution in [0.1, 0.15) is 64.7 Å². The number of rotatable bonds is 7. The van der Waals surface area contributed by atoms with E-state index in [1.807, 2.05) is 0 Å². The van der Waals surface area contributed by atoms with Crippen molar-refractivity contribution in [2.75, 3.05) is 13.2 Å². The summed E-state index contributed by atoms with van der Waals surface area (Å²) in [6.45, 7) is 3.57. The lowest BCUT2D eigenvalue weighted by atomic mass is 9.85. The first-order valence-electron chi connectivity index (χ1n) is 8.52. The average molecular weight is 295 g/mol. The first kappa shape index (κ1) is 15.8. The van der Waals surface area contributed by atoms with Gasteiger partial charge in [-0.25, -0.2) is 0 Å². The summed E-state index contributed by atoms with van der Waals surface area (Å²) in [6, 6.07) is 0. The molecule has 0 atom stereocenters. The summed E-state index contributed by atoms with van der Waals surface area (Å²) in [5.41, 5.74) is 2.41. The third kappa shape index (κ3) is 5.82. The molecule has 114 valence electrons. The van der Waals surface area contributed by atoms with Gasteiger partial charge in [0.05, 0.1) is 13.2 Å². The van der Waals surface area contributed by atoms with Crippen molar-refractivity contribution in [1.29, 1.82) is 0 Å². The van der Waals surface area contributed by atoms with Crippen molar-refractivity contribution in [2.45, 2.75) is 64.7 Å². The number of allylic oxidation sites excluding steroid dienone is 1. The second-order valence-corrected chi connectivity index (χ2v) is 7.65. The van der Waals surface area contributed by atoms with Gasteiger partial charge in [-0.1, -0.05) is 44.3 Å². The van der Waals surface area contributed by atoms with E-state index in [1.54, 1.807) is 0 Å². The van der Waals surface area contributed by atoms with Crippen LogP contribution in [0.4, 0.5) is 0 Å². The Balaban J connectivity index is 1.76. The van der Waals surface area contributed by atoms with Crippen LogP contribution in [-0.4, -0.2) is 27.8 Å². The minimum absolute atomic E-state index is 0.730. The monoisotopic (exact) mass is 294 g/mol. The zero-order valence-corrected chi connectivity index (χ0v) is 14.0. The minimum atomic E-state index is -1.17. The highest BCUT2D eigenvalue weighted by Gasteiger charge is 2.15. The molecule has 2 aliphatic rings. The molecule has 0 bridgehead atoms. The topological polar surface area (TPSA) is 18.5 Å². The Morgan fingerprint density at radius 1 is 0.900 bits per heavy atom. The van der Waals surface area contributed by atoms with E-state index in [9.17, 15) is 0 Å². The van der Waals surface area contributed by atoms with Gasteiger partial charge in [0, 0.05) is 0 Å². The Kier molecular flexibility index (Phi) is 7.41. The lowest BCUT2D eigenvalue weighted by molar-refractivity contribution is 0.243. The van der Waals surface area contributed by atoms with Gasteiger partial charge in [-0.2, -0.15) is 0 Å². The first-order valence-corrected chi connectivity index (χ1v) is 9.92. The van der Waals surface area contributed by atoms with Gasteiger partial charge in [0.15, 0.2) is 0 Å². The molecular weight excluding hydrogens is 264 g/mol. The van der Waals surface area contributed by atoms with Crippen LogP contribution in [0.25, 0.3) is 0 Å². The largest absolute Gasteiger partial charge is 0.524 e. The Morgan fingerprint density at radius 2 is 1.60 bits per heavy atom. The van der Waals surface area contributed by atoms with E-state index in [0.29, 0.717) is 0 Å². The van der Waals surface area contributed by atoms with E-state index in [1.165, 1.54) is 57.8 Å². The van der Waals surface area contributed by atoms with Gasteiger partial charge in [-0.15, -0.1) is 0 Å². The van der Waals surface area contributed by atoms with Crippen LogP contribution in [0.5, 0.6) is 0 Å². The smallest absolute Gasteiger partial charge is 0.476 e. The van der Waals surface area contributed by atoms with Crippen LogP contribution in [0.2, 0.25) is 0 Å². The van der Waals surface area contributed by atoms with Gasteiger partial charge < -0.3 is 8.85 Å². The van der Waals surface area contributed by atoms with E-state index < -0.39 is 8.90 Å². The highest BCUT2D eigenvalue weighted by molar-refractivity contribution is 6.54. The molecule has 0 aromatic carbocycles. The van der Waals surface area contributed by atoms with Gasteiger partial charge in [-0.05, 0) is 50.1 Å². The number of hydrogen-bond acceptors (Lipinski definition) is 2. The van der Waals surface area contributed by atoms with Crippen molar-refractivity contribution >= 4 is 14.6 Å².